The number of aromatic nitrogens is 5. The van der Waals surface area contributed by atoms with Crippen molar-refractivity contribution in [2.24, 2.45) is 0 Å². The minimum atomic E-state index is 0.576. The third-order valence-electron chi connectivity index (χ3n) is 5.59. The highest BCUT2D eigenvalue weighted by molar-refractivity contribution is 5.61. The Morgan fingerprint density at radius 1 is 0.686 bits per heavy atom. The Bertz CT molecular complexity index is 1390. The summed E-state index contributed by atoms with van der Waals surface area (Å²) in [6.07, 6.45) is 6.17. The molecular weight excluding hydrogens is 434 g/mol. The van der Waals surface area contributed by atoms with E-state index in [0.717, 1.165) is 34.9 Å². The Labute approximate surface area is 204 Å². The van der Waals surface area contributed by atoms with Gasteiger partial charge in [0, 0.05) is 43.3 Å². The van der Waals surface area contributed by atoms with Gasteiger partial charge >= 0.3 is 0 Å². The second kappa shape index (κ2) is 10.5. The van der Waals surface area contributed by atoms with Gasteiger partial charge < -0.3 is 10.2 Å². The molecule has 0 amide bonds. The predicted octanol–water partition coefficient (Wildman–Crippen LogP) is 5.42. The van der Waals surface area contributed by atoms with E-state index in [1.54, 1.807) is 12.4 Å². The molecule has 5 rings (SSSR count). The average Bonchev–Trinajstić information content (AvgIpc) is 2.94. The summed E-state index contributed by atoms with van der Waals surface area (Å²) in [5.74, 6) is 2.76. The molecule has 3 aromatic heterocycles. The van der Waals surface area contributed by atoms with E-state index in [-0.39, 0.29) is 0 Å². The molecule has 7 nitrogen and oxygen atoms in total. The molecule has 0 aliphatic carbocycles. The third kappa shape index (κ3) is 5.47. The molecule has 0 aliphatic rings. The fourth-order valence-electron chi connectivity index (χ4n) is 3.74. The molecule has 0 fully saturated rings. The zero-order chi connectivity index (χ0) is 23.9. The number of benzene rings is 2. The largest absolute Gasteiger partial charge is 0.354 e. The van der Waals surface area contributed by atoms with Crippen LogP contribution in [-0.2, 0) is 6.42 Å². The molecule has 0 radical (unpaired) electrons. The van der Waals surface area contributed by atoms with Crippen LogP contribution in [0.1, 0.15) is 5.56 Å². The summed E-state index contributed by atoms with van der Waals surface area (Å²) in [5.41, 5.74) is 4.28. The van der Waals surface area contributed by atoms with Crippen LogP contribution >= 0.6 is 0 Å². The van der Waals surface area contributed by atoms with Crippen LogP contribution in [0.2, 0.25) is 0 Å². The standard InChI is InChI=1S/C28H25N7/c1-35(25-14-18-30-27(33-25)22-9-3-2-4-10-22)26-15-19-32-28(34-26)31-17-13-21-8-7-11-23(20-21)24-12-5-6-16-29-24/h2-12,14-16,18-20H,13,17H2,1H3,(H,31,32,34). The molecule has 0 atom stereocenters. The van der Waals surface area contributed by atoms with Gasteiger partial charge in [-0.25, -0.2) is 15.0 Å². The van der Waals surface area contributed by atoms with E-state index in [4.69, 9.17) is 4.98 Å². The van der Waals surface area contributed by atoms with Gasteiger partial charge in [-0.05, 0) is 42.3 Å². The fourth-order valence-corrected chi connectivity index (χ4v) is 3.74. The summed E-state index contributed by atoms with van der Waals surface area (Å²) in [6, 6.07) is 28.1. The molecule has 2 aromatic carbocycles. The fraction of sp³-hybridized carbons (Fsp3) is 0.107. The van der Waals surface area contributed by atoms with Crippen molar-refractivity contribution in [1.82, 2.24) is 24.9 Å². The Kier molecular flexibility index (Phi) is 6.66. The lowest BCUT2D eigenvalue weighted by atomic mass is 10.1. The molecule has 0 aliphatic heterocycles. The van der Waals surface area contributed by atoms with Gasteiger partial charge in [0.15, 0.2) is 5.82 Å². The Hall–Kier alpha value is -4.65. The SMILES string of the molecule is CN(c1ccnc(NCCc2cccc(-c3ccccn3)c2)n1)c1ccnc(-c2ccccc2)n1. The van der Waals surface area contributed by atoms with Gasteiger partial charge in [0.05, 0.1) is 5.69 Å². The minimum absolute atomic E-state index is 0.576. The summed E-state index contributed by atoms with van der Waals surface area (Å²) >= 11 is 0. The van der Waals surface area contributed by atoms with E-state index >= 15 is 0 Å². The molecular formula is C28H25N7. The van der Waals surface area contributed by atoms with E-state index < -0.39 is 0 Å². The molecule has 0 saturated heterocycles. The highest BCUT2D eigenvalue weighted by Crippen LogP contribution is 2.23. The normalized spacial score (nSPS) is 10.7. The number of rotatable bonds is 8. The van der Waals surface area contributed by atoms with Crippen LogP contribution in [-0.4, -0.2) is 38.5 Å². The number of hydrogen-bond acceptors (Lipinski definition) is 7. The van der Waals surface area contributed by atoms with Crippen molar-refractivity contribution in [3.63, 3.8) is 0 Å². The Morgan fingerprint density at radius 3 is 2.29 bits per heavy atom. The van der Waals surface area contributed by atoms with E-state index in [1.165, 1.54) is 5.56 Å². The maximum absolute atomic E-state index is 4.71. The maximum atomic E-state index is 4.71. The topological polar surface area (TPSA) is 79.7 Å². The summed E-state index contributed by atoms with van der Waals surface area (Å²) < 4.78 is 0. The molecule has 0 saturated carbocycles. The summed E-state index contributed by atoms with van der Waals surface area (Å²) in [5, 5.41) is 3.34. The second-order valence-corrected chi connectivity index (χ2v) is 7.99. The Morgan fingerprint density at radius 2 is 1.46 bits per heavy atom. The van der Waals surface area contributed by atoms with Gasteiger partial charge in [0.1, 0.15) is 11.6 Å². The quantitative estimate of drug-likeness (QED) is 0.332. The third-order valence-corrected chi connectivity index (χ3v) is 5.59. The average molecular weight is 460 g/mol. The lowest BCUT2D eigenvalue weighted by molar-refractivity contribution is 0.972. The first-order chi connectivity index (χ1) is 17.3. The zero-order valence-corrected chi connectivity index (χ0v) is 19.4. The number of hydrogen-bond donors (Lipinski definition) is 1. The van der Waals surface area contributed by atoms with E-state index in [9.17, 15) is 0 Å². The molecule has 5 aromatic rings. The van der Waals surface area contributed by atoms with Gasteiger partial charge in [0.25, 0.3) is 0 Å². The Balaban J connectivity index is 1.25. The van der Waals surface area contributed by atoms with Crippen LogP contribution in [0.15, 0.2) is 104 Å². The van der Waals surface area contributed by atoms with Gasteiger partial charge in [-0.2, -0.15) is 4.98 Å². The van der Waals surface area contributed by atoms with Crippen molar-refractivity contribution in [2.75, 3.05) is 23.8 Å². The van der Waals surface area contributed by atoms with Crippen LogP contribution in [0.4, 0.5) is 17.6 Å². The van der Waals surface area contributed by atoms with Crippen LogP contribution < -0.4 is 10.2 Å². The van der Waals surface area contributed by atoms with Crippen molar-refractivity contribution in [1.29, 1.82) is 0 Å². The lowest BCUT2D eigenvalue weighted by Crippen LogP contribution is -2.15. The van der Waals surface area contributed by atoms with Crippen molar-refractivity contribution < 1.29 is 0 Å². The van der Waals surface area contributed by atoms with Crippen molar-refractivity contribution in [2.45, 2.75) is 6.42 Å². The smallest absolute Gasteiger partial charge is 0.224 e. The van der Waals surface area contributed by atoms with Crippen LogP contribution in [0.5, 0.6) is 0 Å². The molecule has 172 valence electrons. The van der Waals surface area contributed by atoms with Crippen LogP contribution in [0.3, 0.4) is 0 Å². The zero-order valence-electron chi connectivity index (χ0n) is 19.4. The number of nitrogens with one attached hydrogen (secondary N) is 1. The first-order valence-corrected chi connectivity index (χ1v) is 11.5. The van der Waals surface area contributed by atoms with Crippen molar-refractivity contribution >= 4 is 17.6 Å². The van der Waals surface area contributed by atoms with Gasteiger partial charge in [-0.15, -0.1) is 0 Å². The lowest BCUT2D eigenvalue weighted by Gasteiger charge is -2.18. The predicted molar refractivity (Wildman–Crippen MR) is 139 cm³/mol. The van der Waals surface area contributed by atoms with E-state index in [2.05, 4.69) is 49.5 Å². The number of anilines is 3. The summed E-state index contributed by atoms with van der Waals surface area (Å²) in [6.45, 7) is 0.713. The molecule has 0 spiro atoms. The molecule has 3 heterocycles. The summed E-state index contributed by atoms with van der Waals surface area (Å²) in [4.78, 5) is 24.6. The molecule has 7 heteroatoms. The van der Waals surface area contributed by atoms with Crippen molar-refractivity contribution in [3.05, 3.63) is 109 Å². The summed E-state index contributed by atoms with van der Waals surface area (Å²) in [7, 11) is 1.94. The monoisotopic (exact) mass is 459 g/mol. The van der Waals surface area contributed by atoms with Gasteiger partial charge in [-0.3, -0.25) is 4.98 Å². The highest BCUT2D eigenvalue weighted by Gasteiger charge is 2.10. The van der Waals surface area contributed by atoms with E-state index in [0.29, 0.717) is 18.3 Å². The van der Waals surface area contributed by atoms with E-state index in [1.807, 2.05) is 78.8 Å². The first kappa shape index (κ1) is 22.2. The second-order valence-electron chi connectivity index (χ2n) is 7.99. The molecule has 0 unspecified atom stereocenters. The maximum Gasteiger partial charge on any atom is 0.224 e. The van der Waals surface area contributed by atoms with Gasteiger partial charge in [-0.1, -0.05) is 54.6 Å². The molecule has 35 heavy (non-hydrogen) atoms. The van der Waals surface area contributed by atoms with Gasteiger partial charge in [0.2, 0.25) is 5.95 Å². The van der Waals surface area contributed by atoms with Crippen LogP contribution in [0, 0.1) is 0 Å². The number of pyridine rings is 1. The highest BCUT2D eigenvalue weighted by atomic mass is 15.2. The number of nitrogens with zero attached hydrogens (tertiary/aromatic N) is 6. The molecule has 0 bridgehead atoms. The minimum Gasteiger partial charge on any atom is -0.354 e. The molecule has 1 N–H and O–H groups in total. The first-order valence-electron chi connectivity index (χ1n) is 11.5. The van der Waals surface area contributed by atoms with Crippen LogP contribution in [0.25, 0.3) is 22.6 Å². The van der Waals surface area contributed by atoms with Crippen molar-refractivity contribution in [3.8, 4) is 22.6 Å².